The maximum atomic E-state index is 12.8. The highest BCUT2D eigenvalue weighted by Crippen LogP contribution is 2.45. The Morgan fingerprint density at radius 1 is 0.377 bits per heavy atom. The van der Waals surface area contributed by atoms with Crippen molar-refractivity contribution in [1.82, 2.24) is 0 Å². The number of unbranched alkanes of at least 4 members (excludes halogenated alkanes) is 20. The molecule has 4 N–H and O–H groups in total. The third kappa shape index (κ3) is 54.7. The van der Waals surface area contributed by atoms with Gasteiger partial charge in [0, 0.05) is 19.3 Å². The molecule has 0 aromatic heterocycles. The molecule has 0 spiro atoms. The summed E-state index contributed by atoms with van der Waals surface area (Å²) in [7, 11) is -9.76. The van der Waals surface area contributed by atoms with Crippen LogP contribution in [-0.4, -0.2) is 95.9 Å². The lowest BCUT2D eigenvalue weighted by molar-refractivity contribution is -0.161. The van der Waals surface area contributed by atoms with Crippen LogP contribution in [0.3, 0.4) is 0 Å². The van der Waals surface area contributed by atoms with Gasteiger partial charge in [-0.15, -0.1) is 0 Å². The van der Waals surface area contributed by atoms with Gasteiger partial charge in [0.1, 0.15) is 25.4 Å². The van der Waals surface area contributed by atoms with Crippen LogP contribution >= 0.6 is 15.6 Å². The van der Waals surface area contributed by atoms with Crippen molar-refractivity contribution in [3.63, 3.8) is 0 Å². The number of carbonyl (C=O) groups is 3. The van der Waals surface area contributed by atoms with E-state index in [1.807, 2.05) is 18.2 Å². The van der Waals surface area contributed by atoms with Gasteiger partial charge in [-0.05, 0) is 57.8 Å². The maximum Gasteiger partial charge on any atom is 0.472 e. The van der Waals surface area contributed by atoms with Crippen LogP contribution in [0.4, 0.5) is 0 Å². The minimum atomic E-state index is -4.91. The number of phosphoric acid groups is 2. The topological polar surface area (TPSA) is 231 Å². The summed E-state index contributed by atoms with van der Waals surface area (Å²) in [5, 5.41) is 20.4. The summed E-state index contributed by atoms with van der Waals surface area (Å²) in [6.45, 7) is 2.42. The zero-order valence-electron chi connectivity index (χ0n) is 47.6. The Bertz CT molecular complexity index is 1710. The van der Waals surface area contributed by atoms with Gasteiger partial charge in [-0.3, -0.25) is 32.5 Å². The van der Waals surface area contributed by atoms with E-state index in [4.69, 9.17) is 32.3 Å². The molecule has 16 nitrogen and oxygen atoms in total. The molecule has 5 unspecified atom stereocenters. The van der Waals surface area contributed by atoms with E-state index in [1.165, 1.54) is 83.5 Å². The van der Waals surface area contributed by atoms with E-state index in [9.17, 15) is 43.5 Å². The molecular weight excluding hydrogens is 1030 g/mol. The van der Waals surface area contributed by atoms with Crippen molar-refractivity contribution in [2.24, 2.45) is 0 Å². The van der Waals surface area contributed by atoms with E-state index in [1.54, 1.807) is 0 Å². The Hall–Kier alpha value is -3.01. The predicted octanol–water partition coefficient (Wildman–Crippen LogP) is 14.9. The van der Waals surface area contributed by atoms with Crippen molar-refractivity contribution >= 4 is 33.6 Å². The second-order valence-electron chi connectivity index (χ2n) is 19.4. The molecule has 77 heavy (non-hydrogen) atoms. The number of esters is 3. The molecule has 0 amide bonds. The fourth-order valence-electron chi connectivity index (χ4n) is 7.48. The maximum absolute atomic E-state index is 12.8. The first-order valence-corrected chi connectivity index (χ1v) is 32.2. The number of ether oxygens (including phenoxy) is 3. The van der Waals surface area contributed by atoms with Gasteiger partial charge in [-0.25, -0.2) is 9.13 Å². The SMILES string of the molecule is CC/C=C\C/C=C\C/C=C\C/C=C\C/C=C\C/C=C\CCC(=O)OCC(O)COP(=O)(O)OCC(O)COP(=O)(O)OCC(COC(=O)CCCCCCCCCCCCC)OC(=O)CCCCCCCCCCCCC. The fraction of sp³-hybridized carbons (Fsp3) is 0.746. The molecular formula is C59H104O16P2. The van der Waals surface area contributed by atoms with Gasteiger partial charge < -0.3 is 34.2 Å². The van der Waals surface area contributed by atoms with Crippen molar-refractivity contribution in [2.75, 3.05) is 39.6 Å². The number of allylic oxidation sites excluding steroid dienone is 12. The quantitative estimate of drug-likeness (QED) is 0.0146. The summed E-state index contributed by atoms with van der Waals surface area (Å²) in [6, 6.07) is 0. The Morgan fingerprint density at radius 2 is 0.688 bits per heavy atom. The van der Waals surface area contributed by atoms with Crippen LogP contribution in [0.15, 0.2) is 72.9 Å². The smallest absolute Gasteiger partial charge is 0.463 e. The number of aliphatic hydroxyl groups excluding tert-OH is 2. The van der Waals surface area contributed by atoms with Crippen LogP contribution < -0.4 is 0 Å². The van der Waals surface area contributed by atoms with Crippen LogP contribution in [0.25, 0.3) is 0 Å². The normalized spacial score (nSPS) is 15.1. The summed E-state index contributed by atoms with van der Waals surface area (Å²) >= 11 is 0. The minimum absolute atomic E-state index is 0.0611. The number of rotatable bonds is 55. The number of aliphatic hydroxyl groups is 2. The van der Waals surface area contributed by atoms with E-state index in [0.717, 1.165) is 77.0 Å². The third-order valence-electron chi connectivity index (χ3n) is 12.0. The van der Waals surface area contributed by atoms with Crippen molar-refractivity contribution in [1.29, 1.82) is 0 Å². The zero-order chi connectivity index (χ0) is 56.8. The second-order valence-corrected chi connectivity index (χ2v) is 22.3. The first kappa shape index (κ1) is 74.0. The van der Waals surface area contributed by atoms with Gasteiger partial charge in [0.2, 0.25) is 0 Å². The summed E-state index contributed by atoms with van der Waals surface area (Å²) in [5.41, 5.74) is 0. The largest absolute Gasteiger partial charge is 0.472 e. The van der Waals surface area contributed by atoms with Crippen LogP contribution in [0, 0.1) is 0 Å². The van der Waals surface area contributed by atoms with Crippen LogP contribution in [0.5, 0.6) is 0 Å². The molecule has 5 atom stereocenters. The summed E-state index contributed by atoms with van der Waals surface area (Å²) in [5.74, 6) is -1.65. The molecule has 0 rings (SSSR count). The van der Waals surface area contributed by atoms with E-state index in [-0.39, 0.29) is 19.3 Å². The second kappa shape index (κ2) is 53.6. The van der Waals surface area contributed by atoms with Crippen LogP contribution in [-0.2, 0) is 55.8 Å². The minimum Gasteiger partial charge on any atom is -0.463 e. The molecule has 0 saturated carbocycles. The predicted molar refractivity (Wildman–Crippen MR) is 307 cm³/mol. The lowest BCUT2D eigenvalue weighted by Crippen LogP contribution is -2.30. The van der Waals surface area contributed by atoms with Crippen molar-refractivity contribution < 1.29 is 75.8 Å². The van der Waals surface area contributed by atoms with Crippen LogP contribution in [0.2, 0.25) is 0 Å². The Kier molecular flexibility index (Phi) is 51.5. The number of phosphoric ester groups is 2. The first-order chi connectivity index (χ1) is 37.2. The van der Waals surface area contributed by atoms with Crippen molar-refractivity contribution in [2.45, 2.75) is 245 Å². The number of carbonyl (C=O) groups excluding carboxylic acids is 3. The average Bonchev–Trinajstić information content (AvgIpc) is 3.40. The number of hydrogen-bond donors (Lipinski definition) is 4. The highest BCUT2D eigenvalue weighted by molar-refractivity contribution is 7.47. The highest BCUT2D eigenvalue weighted by atomic mass is 31.2. The Morgan fingerprint density at radius 3 is 1.09 bits per heavy atom. The average molecular weight is 1130 g/mol. The molecule has 0 radical (unpaired) electrons. The fourth-order valence-corrected chi connectivity index (χ4v) is 9.06. The molecule has 0 aliphatic carbocycles. The highest BCUT2D eigenvalue weighted by Gasteiger charge is 2.29. The molecule has 0 aromatic rings. The lowest BCUT2D eigenvalue weighted by Gasteiger charge is -2.21. The summed E-state index contributed by atoms with van der Waals surface area (Å²) < 4.78 is 60.4. The third-order valence-corrected chi connectivity index (χ3v) is 13.9. The Labute approximate surface area is 464 Å². The Balaban J connectivity index is 4.64. The lowest BCUT2D eigenvalue weighted by atomic mass is 10.1. The van der Waals surface area contributed by atoms with Gasteiger partial charge >= 0.3 is 33.6 Å². The van der Waals surface area contributed by atoms with E-state index >= 15 is 0 Å². The van der Waals surface area contributed by atoms with E-state index < -0.39 is 91.5 Å². The molecule has 0 heterocycles. The van der Waals surface area contributed by atoms with Crippen LogP contribution in [0.1, 0.15) is 226 Å². The molecule has 18 heteroatoms. The van der Waals surface area contributed by atoms with Gasteiger partial charge in [-0.1, -0.05) is 222 Å². The van der Waals surface area contributed by atoms with E-state index in [0.29, 0.717) is 25.7 Å². The van der Waals surface area contributed by atoms with Crippen molar-refractivity contribution in [3.05, 3.63) is 72.9 Å². The molecule has 0 aliphatic rings. The van der Waals surface area contributed by atoms with Gasteiger partial charge in [0.25, 0.3) is 0 Å². The molecule has 0 saturated heterocycles. The van der Waals surface area contributed by atoms with E-state index in [2.05, 4.69) is 75.5 Å². The molecule has 0 fully saturated rings. The molecule has 0 aromatic carbocycles. The zero-order valence-corrected chi connectivity index (χ0v) is 49.4. The molecule has 0 bridgehead atoms. The number of hydrogen-bond acceptors (Lipinski definition) is 14. The molecule has 0 aliphatic heterocycles. The monoisotopic (exact) mass is 1130 g/mol. The standard InChI is InChI=1S/C59H104O16P2/c1-4-7-10-13-16-19-22-23-24-25-26-27-28-29-32-34-36-39-42-45-57(62)69-48-54(60)49-71-76(65,66)72-50-55(61)51-73-77(67,68)74-53-56(75-59(64)47-44-41-38-35-31-21-18-15-12-9-6-3)52-70-58(63)46-43-40-37-33-30-20-17-14-11-8-5-2/h7,10,16,19,23-24,26-27,29,32,36,39,54-56,60-61H,4-6,8-9,11-15,17-18,20-22,25,28,30-31,33-35,37-38,40-53H2,1-3H3,(H,65,66)(H,67,68)/b10-7-,19-16-,24-23-,27-26-,32-29-,39-36-. The van der Waals surface area contributed by atoms with Gasteiger partial charge in [-0.2, -0.15) is 0 Å². The summed E-state index contributed by atoms with van der Waals surface area (Å²) in [6.07, 6.45) is 51.4. The van der Waals surface area contributed by atoms with Gasteiger partial charge in [0.05, 0.1) is 26.4 Å². The summed E-state index contributed by atoms with van der Waals surface area (Å²) in [4.78, 5) is 57.9. The first-order valence-electron chi connectivity index (χ1n) is 29.2. The molecule has 446 valence electrons. The van der Waals surface area contributed by atoms with Gasteiger partial charge in [0.15, 0.2) is 6.10 Å². The van der Waals surface area contributed by atoms with Crippen molar-refractivity contribution in [3.8, 4) is 0 Å².